The van der Waals surface area contributed by atoms with E-state index in [-0.39, 0.29) is 30.3 Å². The number of hydrogen-bond donors (Lipinski definition) is 3. The van der Waals surface area contributed by atoms with Crippen molar-refractivity contribution in [2.24, 2.45) is 0 Å². The molecule has 7 nitrogen and oxygen atoms in total. The predicted molar refractivity (Wildman–Crippen MR) is 93.2 cm³/mol. The van der Waals surface area contributed by atoms with Crippen LogP contribution in [0.2, 0.25) is 0 Å². The predicted octanol–water partition coefficient (Wildman–Crippen LogP) is 1.47. The standard InChI is InChI=1S/C16H17F2N5O2.ClH/c1-23(8-14(24)20-11-5-9(17)4-10(18)6-11)16(25)15-12-7-19-3-2-13(12)21-22-15;/h4-6,19H,2-3,7-8H2,1H3,(H,20,24)(H,21,22);1H. The molecule has 140 valence electrons. The van der Waals surface area contributed by atoms with Crippen LogP contribution in [0.3, 0.4) is 0 Å². The van der Waals surface area contributed by atoms with Crippen LogP contribution in [-0.2, 0) is 17.8 Å². The number of hydrogen-bond acceptors (Lipinski definition) is 4. The van der Waals surface area contributed by atoms with Crippen LogP contribution < -0.4 is 10.6 Å². The summed E-state index contributed by atoms with van der Waals surface area (Å²) in [6.45, 7) is 1.08. The molecule has 10 heteroatoms. The molecule has 26 heavy (non-hydrogen) atoms. The third kappa shape index (κ3) is 4.36. The molecule has 2 heterocycles. The molecule has 1 aliphatic heterocycles. The van der Waals surface area contributed by atoms with Gasteiger partial charge in [-0.25, -0.2) is 8.78 Å². The summed E-state index contributed by atoms with van der Waals surface area (Å²) in [4.78, 5) is 25.7. The Morgan fingerprint density at radius 1 is 1.27 bits per heavy atom. The topological polar surface area (TPSA) is 90.1 Å². The van der Waals surface area contributed by atoms with Gasteiger partial charge < -0.3 is 15.5 Å². The number of carbonyl (C=O) groups excluding carboxylic acids is 2. The Bertz CT molecular complexity index is 807. The molecule has 3 rings (SSSR count). The van der Waals surface area contributed by atoms with Gasteiger partial charge in [0.15, 0.2) is 5.69 Å². The average Bonchev–Trinajstić information content (AvgIpc) is 2.96. The highest BCUT2D eigenvalue weighted by Gasteiger charge is 2.24. The first kappa shape index (κ1) is 19.8. The number of aromatic nitrogens is 2. The van der Waals surface area contributed by atoms with E-state index in [9.17, 15) is 18.4 Å². The van der Waals surface area contributed by atoms with Crippen molar-refractivity contribution < 1.29 is 18.4 Å². The van der Waals surface area contributed by atoms with E-state index in [1.807, 2.05) is 0 Å². The monoisotopic (exact) mass is 385 g/mol. The molecule has 0 fully saturated rings. The molecule has 0 unspecified atom stereocenters. The number of aromatic amines is 1. The summed E-state index contributed by atoms with van der Waals surface area (Å²) in [7, 11) is 1.46. The molecule has 0 aliphatic carbocycles. The number of fused-ring (bicyclic) bond motifs is 1. The highest BCUT2D eigenvalue weighted by molar-refractivity contribution is 5.99. The number of likely N-dealkylation sites (N-methyl/N-ethyl adjacent to an activating group) is 1. The van der Waals surface area contributed by atoms with E-state index in [0.29, 0.717) is 12.6 Å². The van der Waals surface area contributed by atoms with Crippen molar-refractivity contribution in [3.8, 4) is 0 Å². The van der Waals surface area contributed by atoms with Gasteiger partial charge in [-0.05, 0) is 12.1 Å². The van der Waals surface area contributed by atoms with Crippen LogP contribution in [0, 0.1) is 11.6 Å². The number of anilines is 1. The van der Waals surface area contributed by atoms with E-state index >= 15 is 0 Å². The van der Waals surface area contributed by atoms with Gasteiger partial charge >= 0.3 is 0 Å². The molecular weight excluding hydrogens is 368 g/mol. The minimum Gasteiger partial charge on any atom is -0.331 e. The van der Waals surface area contributed by atoms with Crippen molar-refractivity contribution in [2.45, 2.75) is 13.0 Å². The smallest absolute Gasteiger partial charge is 0.274 e. The van der Waals surface area contributed by atoms with Gasteiger partial charge in [-0.2, -0.15) is 5.10 Å². The number of rotatable bonds is 4. The van der Waals surface area contributed by atoms with Crippen LogP contribution in [0.5, 0.6) is 0 Å². The lowest BCUT2D eigenvalue weighted by Crippen LogP contribution is -2.36. The SMILES string of the molecule is CN(CC(=O)Nc1cc(F)cc(F)c1)C(=O)c1n[nH]c2c1CNCC2.Cl. The van der Waals surface area contributed by atoms with Crippen LogP contribution >= 0.6 is 12.4 Å². The molecule has 2 aromatic rings. The van der Waals surface area contributed by atoms with Gasteiger partial charge in [0.05, 0.1) is 6.54 Å². The largest absolute Gasteiger partial charge is 0.331 e. The Labute approximate surface area is 154 Å². The minimum atomic E-state index is -0.796. The fourth-order valence-electron chi connectivity index (χ4n) is 2.70. The highest BCUT2D eigenvalue weighted by Crippen LogP contribution is 2.17. The number of nitrogens with zero attached hydrogens (tertiary/aromatic N) is 2. The number of benzene rings is 1. The second-order valence-electron chi connectivity index (χ2n) is 5.82. The zero-order valence-corrected chi connectivity index (χ0v) is 14.8. The van der Waals surface area contributed by atoms with E-state index in [0.717, 1.165) is 36.4 Å². The van der Waals surface area contributed by atoms with Crippen molar-refractivity contribution in [3.63, 3.8) is 0 Å². The summed E-state index contributed by atoms with van der Waals surface area (Å²) in [5, 5.41) is 12.4. The van der Waals surface area contributed by atoms with Crippen molar-refractivity contribution in [1.29, 1.82) is 0 Å². The summed E-state index contributed by atoms with van der Waals surface area (Å²) in [5.41, 5.74) is 1.98. The molecule has 0 saturated heterocycles. The quantitative estimate of drug-likeness (QED) is 0.743. The summed E-state index contributed by atoms with van der Waals surface area (Å²) >= 11 is 0. The molecule has 3 N–H and O–H groups in total. The van der Waals surface area contributed by atoms with Crippen LogP contribution in [0.25, 0.3) is 0 Å². The maximum Gasteiger partial charge on any atom is 0.274 e. The van der Waals surface area contributed by atoms with Gasteiger partial charge in [0.25, 0.3) is 5.91 Å². The normalized spacial score (nSPS) is 12.7. The molecule has 1 aliphatic rings. The first-order valence-corrected chi connectivity index (χ1v) is 7.72. The van der Waals surface area contributed by atoms with E-state index in [2.05, 4.69) is 20.8 Å². The molecule has 0 bridgehead atoms. The number of amides is 2. The maximum atomic E-state index is 13.1. The Hall–Kier alpha value is -2.52. The Morgan fingerprint density at radius 2 is 1.96 bits per heavy atom. The molecule has 0 spiro atoms. The first-order chi connectivity index (χ1) is 11.9. The van der Waals surface area contributed by atoms with Crippen LogP contribution in [-0.4, -0.2) is 47.0 Å². The maximum absolute atomic E-state index is 13.1. The molecule has 0 radical (unpaired) electrons. The summed E-state index contributed by atoms with van der Waals surface area (Å²) < 4.78 is 26.3. The zero-order valence-electron chi connectivity index (χ0n) is 13.9. The molecule has 1 aromatic heterocycles. The third-order valence-corrected chi connectivity index (χ3v) is 3.88. The molecule has 1 aromatic carbocycles. The van der Waals surface area contributed by atoms with Crippen LogP contribution in [0.15, 0.2) is 18.2 Å². The number of nitrogens with one attached hydrogen (secondary N) is 3. The van der Waals surface area contributed by atoms with Gasteiger partial charge in [-0.1, -0.05) is 0 Å². The Morgan fingerprint density at radius 3 is 2.65 bits per heavy atom. The Balaban J connectivity index is 0.00000243. The second kappa shape index (κ2) is 8.24. The highest BCUT2D eigenvalue weighted by atomic mass is 35.5. The van der Waals surface area contributed by atoms with Gasteiger partial charge in [0.2, 0.25) is 5.91 Å². The summed E-state index contributed by atoms with van der Waals surface area (Å²) in [6, 6.07) is 2.71. The number of halogens is 3. The second-order valence-corrected chi connectivity index (χ2v) is 5.82. The minimum absolute atomic E-state index is 0. The fourth-order valence-corrected chi connectivity index (χ4v) is 2.70. The fraction of sp³-hybridized carbons (Fsp3) is 0.312. The van der Waals surface area contributed by atoms with E-state index < -0.39 is 23.4 Å². The van der Waals surface area contributed by atoms with Crippen molar-refractivity contribution in [2.75, 3.05) is 25.5 Å². The summed E-state index contributed by atoms with van der Waals surface area (Å²) in [6.07, 6.45) is 0.755. The lowest BCUT2D eigenvalue weighted by molar-refractivity contribution is -0.116. The van der Waals surface area contributed by atoms with E-state index in [1.165, 1.54) is 11.9 Å². The number of H-pyrrole nitrogens is 1. The van der Waals surface area contributed by atoms with Crippen molar-refractivity contribution in [1.82, 2.24) is 20.4 Å². The number of carbonyl (C=O) groups is 2. The first-order valence-electron chi connectivity index (χ1n) is 7.72. The van der Waals surface area contributed by atoms with Gasteiger partial charge in [0.1, 0.15) is 11.6 Å². The summed E-state index contributed by atoms with van der Waals surface area (Å²) in [5.74, 6) is -2.56. The van der Waals surface area contributed by atoms with E-state index in [1.54, 1.807) is 0 Å². The Kier molecular flexibility index (Phi) is 6.27. The van der Waals surface area contributed by atoms with Crippen LogP contribution in [0.1, 0.15) is 21.7 Å². The van der Waals surface area contributed by atoms with Gasteiger partial charge in [0, 0.05) is 49.6 Å². The molecule has 0 saturated carbocycles. The van der Waals surface area contributed by atoms with Crippen molar-refractivity contribution >= 4 is 29.9 Å². The lowest BCUT2D eigenvalue weighted by atomic mass is 10.1. The zero-order chi connectivity index (χ0) is 18.0. The third-order valence-electron chi connectivity index (χ3n) is 3.88. The van der Waals surface area contributed by atoms with Gasteiger partial charge in [-0.15, -0.1) is 12.4 Å². The van der Waals surface area contributed by atoms with E-state index in [4.69, 9.17) is 0 Å². The molecular formula is C16H18ClF2N5O2. The molecule has 0 atom stereocenters. The lowest BCUT2D eigenvalue weighted by Gasteiger charge is -2.18. The van der Waals surface area contributed by atoms with Crippen LogP contribution in [0.4, 0.5) is 14.5 Å². The van der Waals surface area contributed by atoms with Gasteiger partial charge in [-0.3, -0.25) is 14.7 Å². The van der Waals surface area contributed by atoms with Crippen molar-refractivity contribution in [3.05, 3.63) is 46.8 Å². The molecule has 2 amide bonds. The average molecular weight is 386 g/mol.